The quantitative estimate of drug-likeness (QED) is 0.606. The number of Topliss-reactive ketones (excluding diaryl/α,β-unsaturated/α-hetero) is 1. The lowest BCUT2D eigenvalue weighted by Gasteiger charge is -2.21. The number of fused-ring (bicyclic) bond motifs is 1. The minimum Gasteiger partial charge on any atom is -0.392 e. The standard InChI is InChI=1S/C26H28O2/c27-25-18-26(28)24(23(25)15-6-10-19-8-2-1-3-9-19)17-16-21-13-7-12-20-11-4-5-14-22(20)21/h1-5,7-9,11-14,23-25,27H,6,10,15-18H2/t23-,24-,25?/m1/s1. The van der Waals surface area contributed by atoms with E-state index in [-0.39, 0.29) is 17.6 Å². The van der Waals surface area contributed by atoms with E-state index in [1.807, 2.05) is 6.07 Å². The van der Waals surface area contributed by atoms with Crippen LogP contribution in [0.25, 0.3) is 10.8 Å². The summed E-state index contributed by atoms with van der Waals surface area (Å²) in [5.74, 6) is 0.341. The lowest BCUT2D eigenvalue weighted by Crippen LogP contribution is -2.21. The first-order chi connectivity index (χ1) is 13.7. The Bertz CT molecular complexity index is 926. The Kier molecular flexibility index (Phi) is 5.87. The predicted octanol–water partition coefficient (Wildman–Crippen LogP) is 5.36. The summed E-state index contributed by atoms with van der Waals surface area (Å²) in [6.45, 7) is 0. The van der Waals surface area contributed by atoms with Crippen LogP contribution >= 0.6 is 0 Å². The second-order valence-corrected chi connectivity index (χ2v) is 8.06. The van der Waals surface area contributed by atoms with E-state index in [1.165, 1.54) is 21.9 Å². The minimum atomic E-state index is -0.471. The van der Waals surface area contributed by atoms with Gasteiger partial charge in [0.1, 0.15) is 5.78 Å². The van der Waals surface area contributed by atoms with Gasteiger partial charge in [-0.3, -0.25) is 4.79 Å². The van der Waals surface area contributed by atoms with Crippen LogP contribution in [0.4, 0.5) is 0 Å². The average molecular weight is 373 g/mol. The predicted molar refractivity (Wildman–Crippen MR) is 114 cm³/mol. The second-order valence-electron chi connectivity index (χ2n) is 8.06. The normalized spacial score (nSPS) is 22.0. The molecule has 0 aromatic heterocycles. The molecule has 2 heteroatoms. The molecular weight excluding hydrogens is 344 g/mol. The van der Waals surface area contributed by atoms with Crippen LogP contribution in [-0.4, -0.2) is 17.0 Å². The van der Waals surface area contributed by atoms with E-state index in [9.17, 15) is 9.90 Å². The molecule has 1 aliphatic carbocycles. The topological polar surface area (TPSA) is 37.3 Å². The van der Waals surface area contributed by atoms with Gasteiger partial charge in [-0.05, 0) is 59.9 Å². The SMILES string of the molecule is O=C1CC(O)[C@H](CCCc2ccccc2)[C@H]1CCc1cccc2ccccc12. The van der Waals surface area contributed by atoms with Crippen LogP contribution in [0.3, 0.4) is 0 Å². The third-order valence-corrected chi connectivity index (χ3v) is 6.29. The molecule has 0 saturated heterocycles. The highest BCUT2D eigenvalue weighted by atomic mass is 16.3. The fourth-order valence-electron chi connectivity index (χ4n) is 4.79. The molecule has 0 heterocycles. The highest BCUT2D eigenvalue weighted by molar-refractivity contribution is 5.86. The summed E-state index contributed by atoms with van der Waals surface area (Å²) in [6.07, 6.45) is 4.52. The van der Waals surface area contributed by atoms with Crippen molar-refractivity contribution < 1.29 is 9.90 Å². The van der Waals surface area contributed by atoms with Gasteiger partial charge in [-0.2, -0.15) is 0 Å². The lowest BCUT2D eigenvalue weighted by molar-refractivity contribution is -0.121. The molecule has 3 aromatic rings. The van der Waals surface area contributed by atoms with Gasteiger partial charge in [-0.15, -0.1) is 0 Å². The Morgan fingerprint density at radius 2 is 1.57 bits per heavy atom. The number of carbonyl (C=O) groups excluding carboxylic acids is 1. The lowest BCUT2D eigenvalue weighted by atomic mass is 9.84. The van der Waals surface area contributed by atoms with Crippen LogP contribution in [0, 0.1) is 11.8 Å². The van der Waals surface area contributed by atoms with Crippen molar-refractivity contribution in [2.24, 2.45) is 11.8 Å². The summed E-state index contributed by atoms with van der Waals surface area (Å²) < 4.78 is 0. The molecule has 0 amide bonds. The minimum absolute atomic E-state index is 0.00950. The second kappa shape index (κ2) is 8.70. The summed E-state index contributed by atoms with van der Waals surface area (Å²) in [6, 6.07) is 25.3. The number of aliphatic hydroxyl groups excluding tert-OH is 1. The van der Waals surface area contributed by atoms with E-state index in [4.69, 9.17) is 0 Å². The van der Waals surface area contributed by atoms with Crippen LogP contribution in [0.2, 0.25) is 0 Å². The highest BCUT2D eigenvalue weighted by Gasteiger charge is 2.40. The van der Waals surface area contributed by atoms with Crippen molar-refractivity contribution in [3.63, 3.8) is 0 Å². The Morgan fingerprint density at radius 3 is 2.43 bits per heavy atom. The Morgan fingerprint density at radius 1 is 0.821 bits per heavy atom. The molecule has 2 nitrogen and oxygen atoms in total. The van der Waals surface area contributed by atoms with Crippen LogP contribution in [0.1, 0.15) is 36.8 Å². The number of hydrogen-bond acceptors (Lipinski definition) is 2. The summed E-state index contributed by atoms with van der Waals surface area (Å²) in [4.78, 5) is 12.6. The van der Waals surface area contributed by atoms with Crippen LogP contribution < -0.4 is 0 Å². The fraction of sp³-hybridized carbons (Fsp3) is 0.346. The first kappa shape index (κ1) is 18.9. The van der Waals surface area contributed by atoms with Crippen LogP contribution in [-0.2, 0) is 17.6 Å². The Balaban J connectivity index is 1.40. The van der Waals surface area contributed by atoms with Crippen molar-refractivity contribution in [3.05, 3.63) is 83.9 Å². The molecule has 0 aliphatic heterocycles. The van der Waals surface area contributed by atoms with Crippen LogP contribution in [0.5, 0.6) is 0 Å². The van der Waals surface area contributed by atoms with Crippen molar-refractivity contribution in [2.75, 3.05) is 0 Å². The summed E-state index contributed by atoms with van der Waals surface area (Å²) >= 11 is 0. The molecule has 1 unspecified atom stereocenters. The summed E-state index contributed by atoms with van der Waals surface area (Å²) in [5.41, 5.74) is 2.63. The number of rotatable bonds is 7. The van der Waals surface area contributed by atoms with E-state index in [2.05, 4.69) is 66.7 Å². The molecule has 1 N–H and O–H groups in total. The third-order valence-electron chi connectivity index (χ3n) is 6.29. The largest absolute Gasteiger partial charge is 0.392 e. The Labute approximate surface area is 167 Å². The summed E-state index contributed by atoms with van der Waals surface area (Å²) in [5, 5.41) is 13.0. The maximum absolute atomic E-state index is 12.6. The molecule has 1 aliphatic rings. The molecule has 28 heavy (non-hydrogen) atoms. The van der Waals surface area contributed by atoms with Gasteiger partial charge in [0.2, 0.25) is 0 Å². The molecule has 3 aromatic carbocycles. The number of hydrogen-bond donors (Lipinski definition) is 1. The fourth-order valence-corrected chi connectivity index (χ4v) is 4.79. The molecular formula is C26H28O2. The zero-order valence-corrected chi connectivity index (χ0v) is 16.3. The van der Waals surface area contributed by atoms with Crippen molar-refractivity contribution in [3.8, 4) is 0 Å². The molecule has 4 rings (SSSR count). The van der Waals surface area contributed by atoms with Gasteiger partial charge in [0, 0.05) is 12.3 Å². The van der Waals surface area contributed by atoms with E-state index in [1.54, 1.807) is 0 Å². The van der Waals surface area contributed by atoms with Gasteiger partial charge in [0.05, 0.1) is 6.10 Å². The van der Waals surface area contributed by atoms with E-state index in [0.717, 1.165) is 32.1 Å². The smallest absolute Gasteiger partial charge is 0.138 e. The van der Waals surface area contributed by atoms with Gasteiger partial charge in [-0.25, -0.2) is 0 Å². The van der Waals surface area contributed by atoms with E-state index >= 15 is 0 Å². The van der Waals surface area contributed by atoms with Gasteiger partial charge in [0.15, 0.2) is 0 Å². The zero-order chi connectivity index (χ0) is 19.3. The van der Waals surface area contributed by atoms with Gasteiger partial charge in [0.25, 0.3) is 0 Å². The third kappa shape index (κ3) is 4.18. The first-order valence-electron chi connectivity index (χ1n) is 10.4. The molecule has 0 radical (unpaired) electrons. The van der Waals surface area contributed by atoms with Crippen LogP contribution in [0.15, 0.2) is 72.8 Å². The maximum Gasteiger partial charge on any atom is 0.138 e. The van der Waals surface area contributed by atoms with Crippen molar-refractivity contribution in [1.82, 2.24) is 0 Å². The number of aryl methyl sites for hydroxylation is 2. The van der Waals surface area contributed by atoms with E-state index in [0.29, 0.717) is 6.42 Å². The molecule has 144 valence electrons. The zero-order valence-electron chi connectivity index (χ0n) is 16.3. The Hall–Kier alpha value is -2.45. The molecule has 1 fully saturated rings. The van der Waals surface area contributed by atoms with E-state index < -0.39 is 6.10 Å². The van der Waals surface area contributed by atoms with Gasteiger partial charge in [-0.1, -0.05) is 72.8 Å². The molecule has 1 saturated carbocycles. The number of aliphatic hydroxyl groups is 1. The highest BCUT2D eigenvalue weighted by Crippen LogP contribution is 2.36. The molecule has 0 bridgehead atoms. The van der Waals surface area contributed by atoms with Gasteiger partial charge < -0.3 is 5.11 Å². The number of benzene rings is 3. The number of ketones is 1. The van der Waals surface area contributed by atoms with Crippen molar-refractivity contribution in [2.45, 2.75) is 44.6 Å². The monoisotopic (exact) mass is 372 g/mol. The number of carbonyl (C=O) groups is 1. The van der Waals surface area contributed by atoms with Gasteiger partial charge >= 0.3 is 0 Å². The van der Waals surface area contributed by atoms with Crippen molar-refractivity contribution >= 4 is 16.6 Å². The molecule has 3 atom stereocenters. The average Bonchev–Trinajstić information content (AvgIpc) is 2.99. The molecule has 0 spiro atoms. The summed E-state index contributed by atoms with van der Waals surface area (Å²) in [7, 11) is 0. The van der Waals surface area contributed by atoms with Crippen molar-refractivity contribution in [1.29, 1.82) is 0 Å². The first-order valence-corrected chi connectivity index (χ1v) is 10.4. The maximum atomic E-state index is 12.6.